The predicted molar refractivity (Wildman–Crippen MR) is 76.2 cm³/mol. The molecule has 0 radical (unpaired) electrons. The highest BCUT2D eigenvalue weighted by Crippen LogP contribution is 2.24. The van der Waals surface area contributed by atoms with Crippen LogP contribution in [-0.2, 0) is 25.7 Å². The number of hydrogen-bond acceptors (Lipinski definition) is 5. The predicted octanol–water partition coefficient (Wildman–Crippen LogP) is -0.0599. The second kappa shape index (κ2) is 6.41. The molecular formula is C15H18N2O6. The third kappa shape index (κ3) is 3.21. The molecule has 2 aliphatic rings. The van der Waals surface area contributed by atoms with Crippen molar-refractivity contribution < 1.29 is 28.6 Å². The maximum atomic E-state index is 12.6. The second-order valence-electron chi connectivity index (χ2n) is 5.72. The lowest BCUT2D eigenvalue weighted by molar-refractivity contribution is -0.160. The van der Waals surface area contributed by atoms with E-state index in [1.807, 2.05) is 0 Å². The van der Waals surface area contributed by atoms with Gasteiger partial charge in [-0.2, -0.15) is 0 Å². The third-order valence-corrected chi connectivity index (χ3v) is 4.19. The molecule has 0 spiro atoms. The zero-order valence-corrected chi connectivity index (χ0v) is 12.5. The number of hydrogen-bond donors (Lipinski definition) is 1. The summed E-state index contributed by atoms with van der Waals surface area (Å²) in [5.41, 5.74) is 0. The second-order valence-corrected chi connectivity index (χ2v) is 5.72. The Morgan fingerprint density at radius 1 is 1.39 bits per heavy atom. The topological polar surface area (TPSA) is 100 Å². The van der Waals surface area contributed by atoms with Gasteiger partial charge in [-0.1, -0.05) is 0 Å². The summed E-state index contributed by atoms with van der Waals surface area (Å²) in [5, 5.41) is 9.21. The lowest BCUT2D eigenvalue weighted by Gasteiger charge is -2.34. The van der Waals surface area contributed by atoms with Crippen molar-refractivity contribution in [1.82, 2.24) is 9.80 Å². The van der Waals surface area contributed by atoms with Gasteiger partial charge in [-0.15, -0.1) is 0 Å². The zero-order chi connectivity index (χ0) is 16.4. The van der Waals surface area contributed by atoms with E-state index in [0.29, 0.717) is 18.9 Å². The fourth-order valence-corrected chi connectivity index (χ4v) is 2.99. The smallest absolute Gasteiger partial charge is 0.328 e. The van der Waals surface area contributed by atoms with Crippen molar-refractivity contribution in [2.75, 3.05) is 26.3 Å². The highest BCUT2D eigenvalue weighted by atomic mass is 16.5. The van der Waals surface area contributed by atoms with Crippen LogP contribution in [0.25, 0.3) is 0 Å². The van der Waals surface area contributed by atoms with E-state index < -0.39 is 17.9 Å². The van der Waals surface area contributed by atoms with E-state index in [1.165, 1.54) is 11.2 Å². The minimum absolute atomic E-state index is 0.0160. The Balaban J connectivity index is 1.66. The Labute approximate surface area is 132 Å². The number of furan rings is 1. The standard InChI is InChI=1S/C15H18N2O6/c18-13-6-10(7-16(13)8-11-2-1-4-23-11)14(19)17-3-5-22-9-12(17)15(20)21/h1-2,4,10,12H,3,5-9H2,(H,20,21)/t10-,12-/m1/s1. The first kappa shape index (κ1) is 15.5. The van der Waals surface area contributed by atoms with Crippen LogP contribution in [0.15, 0.2) is 22.8 Å². The Hall–Kier alpha value is -2.35. The van der Waals surface area contributed by atoms with Crippen LogP contribution >= 0.6 is 0 Å². The molecule has 0 bridgehead atoms. The molecule has 3 rings (SSSR count). The Kier molecular flexibility index (Phi) is 4.33. The molecule has 0 saturated carbocycles. The number of carboxylic acid groups (broad SMARTS) is 1. The van der Waals surface area contributed by atoms with Crippen molar-refractivity contribution in [1.29, 1.82) is 0 Å². The molecule has 1 N–H and O–H groups in total. The molecule has 0 aliphatic carbocycles. The van der Waals surface area contributed by atoms with Crippen molar-refractivity contribution in [3.8, 4) is 0 Å². The van der Waals surface area contributed by atoms with Crippen LogP contribution in [-0.4, -0.2) is 65.0 Å². The van der Waals surface area contributed by atoms with E-state index in [2.05, 4.69) is 0 Å². The molecule has 2 fully saturated rings. The highest BCUT2D eigenvalue weighted by molar-refractivity contribution is 5.91. The van der Waals surface area contributed by atoms with Gasteiger partial charge in [0.1, 0.15) is 5.76 Å². The molecule has 1 aromatic heterocycles. The van der Waals surface area contributed by atoms with Crippen molar-refractivity contribution in [3.05, 3.63) is 24.2 Å². The molecule has 0 unspecified atom stereocenters. The first-order valence-electron chi connectivity index (χ1n) is 7.47. The van der Waals surface area contributed by atoms with E-state index >= 15 is 0 Å². The molecule has 2 aliphatic heterocycles. The van der Waals surface area contributed by atoms with Gasteiger partial charge in [0.15, 0.2) is 6.04 Å². The van der Waals surface area contributed by atoms with E-state index in [9.17, 15) is 19.5 Å². The minimum Gasteiger partial charge on any atom is -0.480 e. The molecule has 8 heteroatoms. The summed E-state index contributed by atoms with van der Waals surface area (Å²) in [7, 11) is 0. The summed E-state index contributed by atoms with van der Waals surface area (Å²) in [4.78, 5) is 38.8. The average molecular weight is 322 g/mol. The van der Waals surface area contributed by atoms with Gasteiger partial charge in [0.05, 0.1) is 31.9 Å². The molecule has 2 saturated heterocycles. The number of amides is 2. The lowest BCUT2D eigenvalue weighted by atomic mass is 10.1. The van der Waals surface area contributed by atoms with E-state index in [4.69, 9.17) is 9.15 Å². The zero-order valence-electron chi connectivity index (χ0n) is 12.5. The van der Waals surface area contributed by atoms with Gasteiger partial charge in [0.2, 0.25) is 11.8 Å². The van der Waals surface area contributed by atoms with Crippen LogP contribution in [0.5, 0.6) is 0 Å². The molecule has 3 heterocycles. The summed E-state index contributed by atoms with van der Waals surface area (Å²) >= 11 is 0. The van der Waals surface area contributed by atoms with E-state index in [0.717, 1.165) is 0 Å². The summed E-state index contributed by atoms with van der Waals surface area (Å²) < 4.78 is 10.4. The molecule has 0 aromatic carbocycles. The molecule has 8 nitrogen and oxygen atoms in total. The number of likely N-dealkylation sites (tertiary alicyclic amines) is 1. The maximum Gasteiger partial charge on any atom is 0.328 e. The number of carbonyl (C=O) groups is 3. The van der Waals surface area contributed by atoms with Gasteiger partial charge in [-0.25, -0.2) is 4.79 Å². The molecule has 2 amide bonds. The van der Waals surface area contributed by atoms with Crippen molar-refractivity contribution in [3.63, 3.8) is 0 Å². The van der Waals surface area contributed by atoms with Crippen LogP contribution in [0.4, 0.5) is 0 Å². The van der Waals surface area contributed by atoms with Crippen LogP contribution in [0.3, 0.4) is 0 Å². The van der Waals surface area contributed by atoms with Gasteiger partial charge in [0, 0.05) is 19.5 Å². The monoisotopic (exact) mass is 322 g/mol. The number of rotatable bonds is 4. The molecular weight excluding hydrogens is 304 g/mol. The highest BCUT2D eigenvalue weighted by Gasteiger charge is 2.41. The minimum atomic E-state index is -1.09. The van der Waals surface area contributed by atoms with Crippen LogP contribution in [0, 0.1) is 5.92 Å². The summed E-state index contributed by atoms with van der Waals surface area (Å²) in [5.74, 6) is -1.37. The van der Waals surface area contributed by atoms with Crippen molar-refractivity contribution in [2.24, 2.45) is 5.92 Å². The molecule has 124 valence electrons. The average Bonchev–Trinajstić information content (AvgIpc) is 3.17. The fraction of sp³-hybridized carbons (Fsp3) is 0.533. The number of morpholine rings is 1. The third-order valence-electron chi connectivity index (χ3n) is 4.19. The van der Waals surface area contributed by atoms with Gasteiger partial charge in [0.25, 0.3) is 0 Å². The van der Waals surface area contributed by atoms with Gasteiger partial charge in [-0.3, -0.25) is 9.59 Å². The van der Waals surface area contributed by atoms with E-state index in [1.54, 1.807) is 17.0 Å². The van der Waals surface area contributed by atoms with Gasteiger partial charge in [-0.05, 0) is 12.1 Å². The van der Waals surface area contributed by atoms with Gasteiger partial charge >= 0.3 is 5.97 Å². The maximum absolute atomic E-state index is 12.6. The number of carbonyl (C=O) groups excluding carboxylic acids is 2. The van der Waals surface area contributed by atoms with Crippen LogP contribution in [0.2, 0.25) is 0 Å². The number of nitrogens with zero attached hydrogens (tertiary/aromatic N) is 2. The number of ether oxygens (including phenoxy) is 1. The van der Waals surface area contributed by atoms with Crippen LogP contribution < -0.4 is 0 Å². The summed E-state index contributed by atoms with van der Waals surface area (Å²) in [6.07, 6.45) is 1.63. The first-order chi connectivity index (χ1) is 11.1. The fourth-order valence-electron chi connectivity index (χ4n) is 2.99. The normalized spacial score (nSPS) is 25.0. The van der Waals surface area contributed by atoms with Gasteiger partial charge < -0.3 is 24.1 Å². The Morgan fingerprint density at radius 2 is 2.22 bits per heavy atom. The van der Waals surface area contributed by atoms with Crippen molar-refractivity contribution in [2.45, 2.75) is 19.0 Å². The van der Waals surface area contributed by atoms with E-state index in [-0.39, 0.29) is 37.9 Å². The summed E-state index contributed by atoms with van der Waals surface area (Å²) in [6, 6.07) is 2.53. The summed E-state index contributed by atoms with van der Waals surface area (Å²) in [6.45, 7) is 1.13. The molecule has 2 atom stereocenters. The SMILES string of the molecule is O=C(O)[C@H]1COCCN1C(=O)[C@@H]1CC(=O)N(Cc2ccco2)C1. The molecule has 23 heavy (non-hydrogen) atoms. The van der Waals surface area contributed by atoms with Crippen LogP contribution in [0.1, 0.15) is 12.2 Å². The Bertz CT molecular complexity index is 599. The molecule has 1 aromatic rings. The largest absolute Gasteiger partial charge is 0.480 e. The number of carboxylic acids is 1. The van der Waals surface area contributed by atoms with Crippen molar-refractivity contribution >= 4 is 17.8 Å². The number of aliphatic carboxylic acids is 1. The lowest BCUT2D eigenvalue weighted by Crippen LogP contribution is -2.54. The quantitative estimate of drug-likeness (QED) is 0.833. The first-order valence-corrected chi connectivity index (χ1v) is 7.47. The Morgan fingerprint density at radius 3 is 2.91 bits per heavy atom.